The highest BCUT2D eigenvalue weighted by molar-refractivity contribution is 6.14. The number of benzene rings is 5. The van der Waals surface area contributed by atoms with E-state index in [2.05, 4.69) is 142 Å². The second kappa shape index (κ2) is 9.02. The molecule has 4 nitrogen and oxygen atoms in total. The number of nitrogens with zero attached hydrogens (tertiary/aromatic N) is 4. The van der Waals surface area contributed by atoms with Crippen molar-refractivity contribution in [3.05, 3.63) is 139 Å². The average Bonchev–Trinajstić information content (AvgIpc) is 3.65. The maximum absolute atomic E-state index is 5.09. The maximum Gasteiger partial charge on any atom is 0.146 e. The van der Waals surface area contributed by atoms with E-state index in [0.717, 1.165) is 52.0 Å². The second-order valence-corrected chi connectivity index (χ2v) is 11.0. The number of para-hydroxylation sites is 3. The smallest absolute Gasteiger partial charge is 0.146 e. The van der Waals surface area contributed by atoms with Gasteiger partial charge in [-0.2, -0.15) is 0 Å². The fourth-order valence-corrected chi connectivity index (χ4v) is 6.58. The zero-order chi connectivity index (χ0) is 27.6. The van der Waals surface area contributed by atoms with Crippen molar-refractivity contribution in [2.75, 3.05) is 0 Å². The van der Waals surface area contributed by atoms with Crippen LogP contribution in [0.1, 0.15) is 17.8 Å². The SMILES string of the molecule is C1=Cc2c(nc(-c3ccccc3)n2-c2ccc(-c3ccc4c(c3)c3ccccc3n3c5ccccc5nc43)cc2)CC1. The van der Waals surface area contributed by atoms with Gasteiger partial charge in [-0.3, -0.25) is 8.97 Å². The van der Waals surface area contributed by atoms with Gasteiger partial charge in [0.1, 0.15) is 11.5 Å². The summed E-state index contributed by atoms with van der Waals surface area (Å²) in [5.41, 5.74) is 11.3. The van der Waals surface area contributed by atoms with Crippen molar-refractivity contribution in [2.24, 2.45) is 0 Å². The summed E-state index contributed by atoms with van der Waals surface area (Å²) in [5.74, 6) is 0.994. The number of hydrogen-bond acceptors (Lipinski definition) is 2. The molecular weight excluding hydrogens is 512 g/mol. The van der Waals surface area contributed by atoms with Crippen LogP contribution in [0.15, 0.2) is 127 Å². The quantitative estimate of drug-likeness (QED) is 0.210. The predicted octanol–water partition coefficient (Wildman–Crippen LogP) is 9.27. The van der Waals surface area contributed by atoms with Crippen LogP contribution in [0, 0.1) is 0 Å². The van der Waals surface area contributed by atoms with E-state index in [1.165, 1.54) is 38.8 Å². The number of imidazole rings is 2. The van der Waals surface area contributed by atoms with Gasteiger partial charge in [0, 0.05) is 22.0 Å². The van der Waals surface area contributed by atoms with E-state index in [-0.39, 0.29) is 0 Å². The van der Waals surface area contributed by atoms with Gasteiger partial charge in [0.15, 0.2) is 0 Å². The molecule has 0 amide bonds. The highest BCUT2D eigenvalue weighted by Gasteiger charge is 2.20. The van der Waals surface area contributed by atoms with Crippen LogP contribution in [-0.2, 0) is 6.42 Å². The number of fused-ring (bicyclic) bond motifs is 9. The minimum Gasteiger partial charge on any atom is -0.293 e. The van der Waals surface area contributed by atoms with Gasteiger partial charge in [-0.1, -0.05) is 84.9 Å². The van der Waals surface area contributed by atoms with Crippen molar-refractivity contribution < 1.29 is 0 Å². The van der Waals surface area contributed by atoms with E-state index >= 15 is 0 Å². The Bertz CT molecular complexity index is 2340. The molecule has 0 saturated carbocycles. The zero-order valence-electron chi connectivity index (χ0n) is 22.9. The fraction of sp³-hybridized carbons (Fsp3) is 0.0526. The molecule has 3 heterocycles. The first-order chi connectivity index (χ1) is 20.8. The van der Waals surface area contributed by atoms with Gasteiger partial charge >= 0.3 is 0 Å². The Labute approximate surface area is 242 Å². The molecule has 4 heteroatoms. The second-order valence-electron chi connectivity index (χ2n) is 11.0. The van der Waals surface area contributed by atoms with Gasteiger partial charge in [-0.15, -0.1) is 0 Å². The van der Waals surface area contributed by atoms with Crippen molar-refractivity contribution >= 4 is 44.4 Å². The van der Waals surface area contributed by atoms with Gasteiger partial charge in [0.2, 0.25) is 0 Å². The number of allylic oxidation sites excluding steroid dienone is 1. The molecule has 1 aliphatic carbocycles. The van der Waals surface area contributed by atoms with Gasteiger partial charge in [0.05, 0.1) is 27.9 Å². The Morgan fingerprint density at radius 3 is 2.21 bits per heavy atom. The van der Waals surface area contributed by atoms with Gasteiger partial charge < -0.3 is 0 Å². The van der Waals surface area contributed by atoms with Gasteiger partial charge in [-0.05, 0) is 77.9 Å². The Balaban J connectivity index is 1.20. The largest absolute Gasteiger partial charge is 0.293 e. The average molecular weight is 539 g/mol. The molecule has 8 aromatic rings. The van der Waals surface area contributed by atoms with Crippen molar-refractivity contribution in [3.8, 4) is 28.2 Å². The van der Waals surface area contributed by atoms with Crippen molar-refractivity contribution in [2.45, 2.75) is 12.8 Å². The van der Waals surface area contributed by atoms with Crippen LogP contribution < -0.4 is 0 Å². The molecule has 0 saturated heterocycles. The molecule has 0 aliphatic heterocycles. The normalized spacial score (nSPS) is 13.0. The third kappa shape index (κ3) is 3.42. The molecule has 5 aromatic carbocycles. The minimum atomic E-state index is 0.973. The van der Waals surface area contributed by atoms with E-state index in [1.54, 1.807) is 0 Å². The topological polar surface area (TPSA) is 35.1 Å². The lowest BCUT2D eigenvalue weighted by molar-refractivity contribution is 0.936. The maximum atomic E-state index is 5.09. The molecular formula is C38H26N4. The lowest BCUT2D eigenvalue weighted by atomic mass is 9.99. The lowest BCUT2D eigenvalue weighted by Crippen LogP contribution is -2.02. The third-order valence-electron chi connectivity index (χ3n) is 8.56. The number of hydrogen-bond donors (Lipinski definition) is 0. The summed E-state index contributed by atoms with van der Waals surface area (Å²) in [6.45, 7) is 0. The predicted molar refractivity (Wildman–Crippen MR) is 173 cm³/mol. The van der Waals surface area contributed by atoms with Crippen LogP contribution in [0.25, 0.3) is 72.6 Å². The van der Waals surface area contributed by atoms with Crippen LogP contribution in [0.2, 0.25) is 0 Å². The van der Waals surface area contributed by atoms with E-state index in [0.29, 0.717) is 0 Å². The monoisotopic (exact) mass is 538 g/mol. The van der Waals surface area contributed by atoms with Crippen LogP contribution >= 0.6 is 0 Å². The molecule has 0 unspecified atom stereocenters. The first-order valence-corrected chi connectivity index (χ1v) is 14.5. The Morgan fingerprint density at radius 2 is 1.33 bits per heavy atom. The molecule has 9 rings (SSSR count). The Hall–Kier alpha value is -5.48. The number of aryl methyl sites for hydroxylation is 1. The summed E-state index contributed by atoms with van der Waals surface area (Å²) >= 11 is 0. The van der Waals surface area contributed by atoms with Crippen LogP contribution in [-0.4, -0.2) is 18.9 Å². The fourth-order valence-electron chi connectivity index (χ4n) is 6.58. The molecule has 3 aromatic heterocycles. The number of rotatable bonds is 3. The summed E-state index contributed by atoms with van der Waals surface area (Å²) in [5, 5.41) is 3.61. The number of pyridine rings is 1. The van der Waals surface area contributed by atoms with E-state index in [1.807, 2.05) is 0 Å². The third-order valence-corrected chi connectivity index (χ3v) is 8.56. The molecule has 0 radical (unpaired) electrons. The molecule has 0 bridgehead atoms. The summed E-state index contributed by atoms with van der Waals surface area (Å²) < 4.78 is 4.60. The number of aromatic nitrogens is 4. The van der Waals surface area contributed by atoms with Gasteiger partial charge in [-0.25, -0.2) is 9.97 Å². The Kier molecular flexibility index (Phi) is 4.99. The van der Waals surface area contributed by atoms with E-state index < -0.39 is 0 Å². The highest BCUT2D eigenvalue weighted by Crippen LogP contribution is 2.36. The first-order valence-electron chi connectivity index (χ1n) is 14.5. The van der Waals surface area contributed by atoms with Gasteiger partial charge in [0.25, 0.3) is 0 Å². The standard InChI is InChI=1S/C38H26N4/c1-2-10-26(11-3-1)37-39-32-13-5-8-16-35(32)41(37)28-21-18-25(19-22-28)27-20-23-30-31(24-27)29-12-4-7-15-34(29)42-36-17-9-6-14-33(36)40-38(30)42/h1-4,6-12,14-24H,5,13H2. The van der Waals surface area contributed by atoms with E-state index in [9.17, 15) is 0 Å². The zero-order valence-corrected chi connectivity index (χ0v) is 22.9. The van der Waals surface area contributed by atoms with Crippen molar-refractivity contribution in [1.29, 1.82) is 0 Å². The summed E-state index contributed by atoms with van der Waals surface area (Å²) in [6, 6.07) is 43.2. The summed E-state index contributed by atoms with van der Waals surface area (Å²) in [4.78, 5) is 10.1. The summed E-state index contributed by atoms with van der Waals surface area (Å²) in [7, 11) is 0. The van der Waals surface area contributed by atoms with Crippen molar-refractivity contribution in [3.63, 3.8) is 0 Å². The molecule has 0 fully saturated rings. The Morgan fingerprint density at radius 1 is 0.571 bits per heavy atom. The van der Waals surface area contributed by atoms with Crippen LogP contribution in [0.5, 0.6) is 0 Å². The molecule has 198 valence electrons. The molecule has 0 N–H and O–H groups in total. The molecule has 0 atom stereocenters. The lowest BCUT2D eigenvalue weighted by Gasteiger charge is -2.14. The molecule has 0 spiro atoms. The van der Waals surface area contributed by atoms with E-state index in [4.69, 9.17) is 9.97 Å². The minimum absolute atomic E-state index is 0.973. The highest BCUT2D eigenvalue weighted by atomic mass is 15.1. The van der Waals surface area contributed by atoms with Crippen LogP contribution in [0.4, 0.5) is 0 Å². The molecule has 1 aliphatic rings. The molecule has 42 heavy (non-hydrogen) atoms. The van der Waals surface area contributed by atoms with Crippen LogP contribution in [0.3, 0.4) is 0 Å². The first kappa shape index (κ1) is 23.2. The van der Waals surface area contributed by atoms with Crippen molar-refractivity contribution in [1.82, 2.24) is 18.9 Å². The summed E-state index contributed by atoms with van der Waals surface area (Å²) in [6.07, 6.45) is 6.49.